The lowest BCUT2D eigenvalue weighted by atomic mass is 9.79. The predicted molar refractivity (Wildman–Crippen MR) is 81.8 cm³/mol. The maximum Gasteiger partial charge on any atom is 0.323 e. The quantitative estimate of drug-likeness (QED) is 0.319. The zero-order chi connectivity index (χ0) is 14.7. The van der Waals surface area contributed by atoms with Crippen molar-refractivity contribution < 1.29 is 19.1 Å². The monoisotopic (exact) mass is 400 g/mol. The second kappa shape index (κ2) is 10.7. The first-order valence-electron chi connectivity index (χ1n) is 6.55. The highest BCUT2D eigenvalue weighted by Crippen LogP contribution is 2.34. The van der Waals surface area contributed by atoms with Gasteiger partial charge in [-0.3, -0.25) is 9.59 Å². The van der Waals surface area contributed by atoms with E-state index in [0.29, 0.717) is 12.8 Å². The molecule has 19 heavy (non-hydrogen) atoms. The summed E-state index contributed by atoms with van der Waals surface area (Å²) in [5.74, 6) is -0.925. The van der Waals surface area contributed by atoms with Gasteiger partial charge in [0.05, 0.1) is 13.2 Å². The van der Waals surface area contributed by atoms with Crippen LogP contribution in [-0.4, -0.2) is 35.8 Å². The van der Waals surface area contributed by atoms with Crippen LogP contribution in [0.25, 0.3) is 0 Å². The fraction of sp³-hybridized carbons (Fsp3) is 0.846. The van der Waals surface area contributed by atoms with Crippen LogP contribution >= 0.6 is 31.9 Å². The Morgan fingerprint density at radius 1 is 0.895 bits per heavy atom. The van der Waals surface area contributed by atoms with Crippen molar-refractivity contribution in [3.8, 4) is 0 Å². The third-order valence-corrected chi connectivity index (χ3v) is 3.93. The Hall–Kier alpha value is -0.100. The number of ether oxygens (including phenoxy) is 2. The molecule has 0 aliphatic heterocycles. The molecule has 4 nitrogen and oxygen atoms in total. The molecule has 0 aromatic heterocycles. The molecule has 6 heteroatoms. The summed E-state index contributed by atoms with van der Waals surface area (Å²) in [6, 6.07) is 0. The largest absolute Gasteiger partial charge is 0.465 e. The number of hydrogen-bond acceptors (Lipinski definition) is 4. The fourth-order valence-electron chi connectivity index (χ4n) is 1.89. The van der Waals surface area contributed by atoms with E-state index in [-0.39, 0.29) is 13.2 Å². The van der Waals surface area contributed by atoms with E-state index < -0.39 is 17.4 Å². The maximum absolute atomic E-state index is 12.2. The van der Waals surface area contributed by atoms with Gasteiger partial charge >= 0.3 is 11.9 Å². The normalized spacial score (nSPS) is 11.2. The SMILES string of the molecule is CCOC(=O)C(CCCBr)(CCCBr)C(=O)OCC. The minimum atomic E-state index is -1.16. The Kier molecular flexibility index (Phi) is 10.6. The zero-order valence-corrected chi connectivity index (χ0v) is 14.7. The molecule has 0 amide bonds. The fourth-order valence-corrected chi connectivity index (χ4v) is 2.45. The van der Waals surface area contributed by atoms with Crippen molar-refractivity contribution in [2.45, 2.75) is 39.5 Å². The second-order valence-corrected chi connectivity index (χ2v) is 5.69. The second-order valence-electron chi connectivity index (χ2n) is 4.11. The molecule has 0 rings (SSSR count). The molecule has 0 aliphatic rings. The first-order valence-corrected chi connectivity index (χ1v) is 8.79. The highest BCUT2D eigenvalue weighted by Gasteiger charge is 2.47. The highest BCUT2D eigenvalue weighted by atomic mass is 79.9. The number of rotatable bonds is 10. The van der Waals surface area contributed by atoms with Gasteiger partial charge < -0.3 is 9.47 Å². The molecule has 0 radical (unpaired) electrons. The third kappa shape index (κ3) is 5.81. The first-order chi connectivity index (χ1) is 9.08. The van der Waals surface area contributed by atoms with Gasteiger partial charge in [0, 0.05) is 10.7 Å². The van der Waals surface area contributed by atoms with Crippen LogP contribution in [-0.2, 0) is 19.1 Å². The smallest absolute Gasteiger partial charge is 0.323 e. The van der Waals surface area contributed by atoms with E-state index in [1.54, 1.807) is 13.8 Å². The van der Waals surface area contributed by atoms with E-state index in [2.05, 4.69) is 31.9 Å². The number of carbonyl (C=O) groups excluding carboxylic acids is 2. The minimum Gasteiger partial charge on any atom is -0.465 e. The van der Waals surface area contributed by atoms with Gasteiger partial charge in [-0.15, -0.1) is 0 Å². The molecule has 0 bridgehead atoms. The summed E-state index contributed by atoms with van der Waals surface area (Å²) < 4.78 is 10.2. The van der Waals surface area contributed by atoms with E-state index in [9.17, 15) is 9.59 Å². The highest BCUT2D eigenvalue weighted by molar-refractivity contribution is 9.09. The summed E-state index contributed by atoms with van der Waals surface area (Å²) in [5.41, 5.74) is -1.16. The lowest BCUT2D eigenvalue weighted by Gasteiger charge is -2.28. The van der Waals surface area contributed by atoms with Crippen LogP contribution in [0.15, 0.2) is 0 Å². The van der Waals surface area contributed by atoms with Crippen LogP contribution in [0.5, 0.6) is 0 Å². The molecule has 0 N–H and O–H groups in total. The Morgan fingerprint density at radius 3 is 1.53 bits per heavy atom. The molecule has 0 unspecified atom stereocenters. The van der Waals surface area contributed by atoms with E-state index >= 15 is 0 Å². The van der Waals surface area contributed by atoms with Crippen LogP contribution in [0.2, 0.25) is 0 Å². The third-order valence-electron chi connectivity index (χ3n) is 2.81. The minimum absolute atomic E-state index is 0.266. The van der Waals surface area contributed by atoms with Gasteiger partial charge in [0.15, 0.2) is 5.41 Å². The molecule has 0 aromatic rings. The molecule has 0 fully saturated rings. The molecular formula is C13H22Br2O4. The van der Waals surface area contributed by atoms with Crippen LogP contribution in [0.1, 0.15) is 39.5 Å². The summed E-state index contributed by atoms with van der Waals surface area (Å²) in [7, 11) is 0. The topological polar surface area (TPSA) is 52.6 Å². The molecule has 0 aliphatic carbocycles. The lowest BCUT2D eigenvalue weighted by Crippen LogP contribution is -2.42. The van der Waals surface area contributed by atoms with Gasteiger partial charge in [-0.25, -0.2) is 0 Å². The van der Waals surface area contributed by atoms with E-state index in [4.69, 9.17) is 9.47 Å². The maximum atomic E-state index is 12.2. The molecule has 0 heterocycles. The van der Waals surface area contributed by atoms with Crippen molar-refractivity contribution in [1.29, 1.82) is 0 Å². The van der Waals surface area contributed by atoms with Gasteiger partial charge in [0.2, 0.25) is 0 Å². The predicted octanol–water partition coefficient (Wildman–Crippen LogP) is 3.45. The molecule has 0 spiro atoms. The number of carbonyl (C=O) groups is 2. The van der Waals surface area contributed by atoms with Crippen molar-refractivity contribution in [3.63, 3.8) is 0 Å². The van der Waals surface area contributed by atoms with Crippen LogP contribution < -0.4 is 0 Å². The molecular weight excluding hydrogens is 380 g/mol. The summed E-state index contributed by atoms with van der Waals surface area (Å²) in [6.45, 7) is 4.01. The van der Waals surface area contributed by atoms with Crippen molar-refractivity contribution in [3.05, 3.63) is 0 Å². The number of hydrogen-bond donors (Lipinski definition) is 0. The molecule has 112 valence electrons. The molecule has 0 saturated carbocycles. The van der Waals surface area contributed by atoms with E-state index in [1.807, 2.05) is 0 Å². The van der Waals surface area contributed by atoms with Gasteiger partial charge in [-0.1, -0.05) is 31.9 Å². The van der Waals surface area contributed by atoms with Crippen molar-refractivity contribution in [2.75, 3.05) is 23.9 Å². The Balaban J connectivity index is 5.16. The lowest BCUT2D eigenvalue weighted by molar-refractivity contribution is -0.173. The average molecular weight is 402 g/mol. The first kappa shape index (κ1) is 18.9. The summed E-state index contributed by atoms with van der Waals surface area (Å²) in [4.78, 5) is 24.5. The Bertz CT molecular complexity index is 254. The number of alkyl halides is 2. The van der Waals surface area contributed by atoms with Crippen molar-refractivity contribution in [2.24, 2.45) is 5.41 Å². The van der Waals surface area contributed by atoms with Crippen LogP contribution in [0, 0.1) is 5.41 Å². The van der Waals surface area contributed by atoms with Crippen molar-refractivity contribution in [1.82, 2.24) is 0 Å². The van der Waals surface area contributed by atoms with Gasteiger partial charge in [0.25, 0.3) is 0 Å². The molecule has 0 atom stereocenters. The molecule has 0 saturated heterocycles. The summed E-state index contributed by atoms with van der Waals surface area (Å²) in [5, 5.41) is 1.48. The average Bonchev–Trinajstić information content (AvgIpc) is 2.40. The number of esters is 2. The number of halogens is 2. The van der Waals surface area contributed by atoms with E-state index in [0.717, 1.165) is 23.5 Å². The zero-order valence-electron chi connectivity index (χ0n) is 11.5. The van der Waals surface area contributed by atoms with Crippen molar-refractivity contribution >= 4 is 43.8 Å². The molecule has 0 aromatic carbocycles. The van der Waals surface area contributed by atoms with E-state index in [1.165, 1.54) is 0 Å². The van der Waals surface area contributed by atoms with Crippen LogP contribution in [0.4, 0.5) is 0 Å². The van der Waals surface area contributed by atoms with Crippen LogP contribution in [0.3, 0.4) is 0 Å². The standard InChI is InChI=1S/C13H22Br2O4/c1-3-18-11(16)13(7-5-9-14,8-6-10-15)12(17)19-4-2/h3-10H2,1-2H3. The van der Waals surface area contributed by atoms with Gasteiger partial charge in [-0.05, 0) is 39.5 Å². The van der Waals surface area contributed by atoms with Gasteiger partial charge in [-0.2, -0.15) is 0 Å². The Morgan fingerprint density at radius 2 is 1.26 bits per heavy atom. The van der Waals surface area contributed by atoms with Gasteiger partial charge in [0.1, 0.15) is 0 Å². The Labute approximate surface area is 131 Å². The summed E-state index contributed by atoms with van der Waals surface area (Å²) in [6.07, 6.45) is 2.34. The summed E-state index contributed by atoms with van der Waals surface area (Å²) >= 11 is 6.67.